The lowest BCUT2D eigenvalue weighted by Crippen LogP contribution is -2.33. The van der Waals surface area contributed by atoms with Crippen molar-refractivity contribution < 1.29 is 4.79 Å². The maximum Gasteiger partial charge on any atom is 0.260 e. The van der Waals surface area contributed by atoms with E-state index in [-0.39, 0.29) is 5.91 Å². The van der Waals surface area contributed by atoms with Gasteiger partial charge in [-0.25, -0.2) is 4.98 Å². The number of amides is 1. The summed E-state index contributed by atoms with van der Waals surface area (Å²) < 4.78 is 1.93. The summed E-state index contributed by atoms with van der Waals surface area (Å²) in [5.41, 5.74) is 6.04. The van der Waals surface area contributed by atoms with Gasteiger partial charge >= 0.3 is 0 Å². The molecule has 2 aromatic heterocycles. The van der Waals surface area contributed by atoms with E-state index < -0.39 is 0 Å². The summed E-state index contributed by atoms with van der Waals surface area (Å²) in [6, 6.07) is 18.4. The van der Waals surface area contributed by atoms with Crippen LogP contribution in [-0.4, -0.2) is 43.6 Å². The van der Waals surface area contributed by atoms with Crippen LogP contribution in [0.4, 0.5) is 5.82 Å². The standard InChI is InChI=1S/C30H31ClN6O/c1-20-6-5-11-36(16-20)17-21-12-27(31)33-28(13-21)37-18-24-10-9-23(14-26(24)30(37)38)25-8-4-3-7-22(25)15-29-34-32-19-35(29)2/h3-4,7-10,12-14,19-20H,5-6,11,15-18H2,1-2H3/t20-/m0/s1. The maximum absolute atomic E-state index is 13.6. The number of fused-ring (bicyclic) bond motifs is 1. The van der Waals surface area contributed by atoms with E-state index in [4.69, 9.17) is 11.6 Å². The molecule has 0 unspecified atom stereocenters. The van der Waals surface area contributed by atoms with Crippen molar-refractivity contribution in [2.75, 3.05) is 18.0 Å². The molecule has 6 rings (SSSR count). The number of anilines is 1. The Morgan fingerprint density at radius 1 is 1.08 bits per heavy atom. The third-order valence-electron chi connectivity index (χ3n) is 7.66. The van der Waals surface area contributed by atoms with Crippen molar-refractivity contribution in [3.05, 3.63) is 94.2 Å². The first-order valence-electron chi connectivity index (χ1n) is 13.2. The first kappa shape index (κ1) is 24.8. The zero-order valence-electron chi connectivity index (χ0n) is 21.8. The first-order chi connectivity index (χ1) is 18.4. The molecule has 2 aliphatic rings. The number of aromatic nitrogens is 4. The van der Waals surface area contributed by atoms with Crippen LogP contribution in [0.15, 0.2) is 60.9 Å². The monoisotopic (exact) mass is 526 g/mol. The van der Waals surface area contributed by atoms with Gasteiger partial charge in [0, 0.05) is 32.1 Å². The molecule has 4 heterocycles. The molecule has 2 aliphatic heterocycles. The highest BCUT2D eigenvalue weighted by molar-refractivity contribution is 6.29. The number of hydrogen-bond donors (Lipinski definition) is 0. The van der Waals surface area contributed by atoms with Gasteiger partial charge in [0.15, 0.2) is 0 Å². The van der Waals surface area contributed by atoms with Gasteiger partial charge in [0.1, 0.15) is 23.1 Å². The van der Waals surface area contributed by atoms with Crippen LogP contribution in [0.2, 0.25) is 5.15 Å². The summed E-state index contributed by atoms with van der Waals surface area (Å²) in [6.45, 7) is 5.79. The zero-order valence-corrected chi connectivity index (χ0v) is 22.5. The molecule has 0 spiro atoms. The molecule has 1 fully saturated rings. The minimum absolute atomic E-state index is 0.0417. The van der Waals surface area contributed by atoms with Gasteiger partial charge in [-0.05, 0) is 71.3 Å². The van der Waals surface area contributed by atoms with Crippen LogP contribution in [0.5, 0.6) is 0 Å². The van der Waals surface area contributed by atoms with Crippen LogP contribution in [0.3, 0.4) is 0 Å². The average Bonchev–Trinajstić information content (AvgIpc) is 3.46. The SMILES string of the molecule is C[C@H]1CCCN(Cc2cc(Cl)nc(N3Cc4ccc(-c5ccccc5Cc5nncn5C)cc4C3=O)c2)C1. The van der Waals surface area contributed by atoms with Crippen LogP contribution in [0.25, 0.3) is 11.1 Å². The second kappa shape index (κ2) is 10.3. The van der Waals surface area contributed by atoms with Crippen molar-refractivity contribution >= 4 is 23.3 Å². The van der Waals surface area contributed by atoms with Gasteiger partial charge in [0.2, 0.25) is 0 Å². The number of nitrogens with zero attached hydrogens (tertiary/aromatic N) is 6. The van der Waals surface area contributed by atoms with Gasteiger partial charge in [0.05, 0.1) is 6.54 Å². The largest absolute Gasteiger partial charge is 0.320 e. The number of rotatable bonds is 6. The molecule has 38 heavy (non-hydrogen) atoms. The number of piperidine rings is 1. The third kappa shape index (κ3) is 4.96. The predicted octanol–water partition coefficient (Wildman–Crippen LogP) is 5.51. The fourth-order valence-electron chi connectivity index (χ4n) is 5.70. The lowest BCUT2D eigenvalue weighted by atomic mass is 9.95. The first-order valence-corrected chi connectivity index (χ1v) is 13.6. The molecule has 0 N–H and O–H groups in total. The number of carbonyl (C=O) groups excluding carboxylic acids is 1. The number of pyridine rings is 1. The molecular formula is C30H31ClN6O. The lowest BCUT2D eigenvalue weighted by molar-refractivity contribution is 0.0996. The van der Waals surface area contributed by atoms with E-state index in [1.54, 1.807) is 11.2 Å². The minimum Gasteiger partial charge on any atom is -0.320 e. The Kier molecular flexibility index (Phi) is 6.72. The summed E-state index contributed by atoms with van der Waals surface area (Å²) in [4.78, 5) is 22.4. The summed E-state index contributed by atoms with van der Waals surface area (Å²) in [5, 5.41) is 8.67. The van der Waals surface area contributed by atoms with Gasteiger partial charge < -0.3 is 4.57 Å². The molecule has 0 bridgehead atoms. The number of likely N-dealkylation sites (tertiary alicyclic amines) is 1. The van der Waals surface area contributed by atoms with Crippen LogP contribution in [0.1, 0.15) is 52.6 Å². The van der Waals surface area contributed by atoms with Gasteiger partial charge in [0.25, 0.3) is 5.91 Å². The molecule has 8 heteroatoms. The fraction of sp³-hybridized carbons (Fsp3) is 0.333. The Bertz CT molecular complexity index is 1500. The second-order valence-electron chi connectivity index (χ2n) is 10.6. The van der Waals surface area contributed by atoms with Crippen molar-refractivity contribution in [3.8, 4) is 11.1 Å². The van der Waals surface area contributed by atoms with Gasteiger partial charge in [-0.2, -0.15) is 0 Å². The van der Waals surface area contributed by atoms with Crippen molar-refractivity contribution in [1.82, 2.24) is 24.6 Å². The molecule has 0 aliphatic carbocycles. The molecule has 7 nitrogen and oxygen atoms in total. The number of aryl methyl sites for hydroxylation is 1. The molecule has 1 amide bonds. The average molecular weight is 527 g/mol. The van der Waals surface area contributed by atoms with Gasteiger partial charge in [-0.15, -0.1) is 10.2 Å². The molecule has 0 saturated carbocycles. The van der Waals surface area contributed by atoms with Crippen molar-refractivity contribution in [3.63, 3.8) is 0 Å². The highest BCUT2D eigenvalue weighted by Gasteiger charge is 2.30. The third-order valence-corrected chi connectivity index (χ3v) is 7.85. The molecule has 1 atom stereocenters. The zero-order chi connectivity index (χ0) is 26.2. The van der Waals surface area contributed by atoms with E-state index >= 15 is 0 Å². The fourth-order valence-corrected chi connectivity index (χ4v) is 5.93. The highest BCUT2D eigenvalue weighted by Crippen LogP contribution is 2.34. The smallest absolute Gasteiger partial charge is 0.260 e. The molecular weight excluding hydrogens is 496 g/mol. The molecule has 194 valence electrons. The summed E-state index contributed by atoms with van der Waals surface area (Å²) in [5.74, 6) is 2.17. The van der Waals surface area contributed by atoms with E-state index in [9.17, 15) is 4.79 Å². The van der Waals surface area contributed by atoms with Crippen molar-refractivity contribution in [1.29, 1.82) is 0 Å². The molecule has 0 radical (unpaired) electrons. The summed E-state index contributed by atoms with van der Waals surface area (Å²) >= 11 is 6.45. The van der Waals surface area contributed by atoms with E-state index in [0.717, 1.165) is 53.3 Å². The van der Waals surface area contributed by atoms with E-state index in [1.165, 1.54) is 12.8 Å². The lowest BCUT2D eigenvalue weighted by Gasteiger charge is -2.31. The van der Waals surface area contributed by atoms with E-state index in [2.05, 4.69) is 51.3 Å². The number of hydrogen-bond acceptors (Lipinski definition) is 5. The Hall–Kier alpha value is -3.55. The van der Waals surface area contributed by atoms with Crippen LogP contribution in [0, 0.1) is 5.92 Å². The minimum atomic E-state index is -0.0417. The number of benzene rings is 2. The quantitative estimate of drug-likeness (QED) is 0.310. The van der Waals surface area contributed by atoms with E-state index in [0.29, 0.717) is 35.4 Å². The van der Waals surface area contributed by atoms with E-state index in [1.807, 2.05) is 41.9 Å². The Labute approximate surface area is 228 Å². The predicted molar refractivity (Wildman–Crippen MR) is 149 cm³/mol. The van der Waals surface area contributed by atoms with Gasteiger partial charge in [-0.1, -0.05) is 54.9 Å². The van der Waals surface area contributed by atoms with Crippen LogP contribution in [-0.2, 0) is 26.6 Å². The summed E-state index contributed by atoms with van der Waals surface area (Å²) in [7, 11) is 1.95. The van der Waals surface area contributed by atoms with Gasteiger partial charge in [-0.3, -0.25) is 14.6 Å². The normalized spacial score (nSPS) is 17.7. The summed E-state index contributed by atoms with van der Waals surface area (Å²) in [6.07, 6.45) is 4.88. The van der Waals surface area contributed by atoms with Crippen molar-refractivity contribution in [2.24, 2.45) is 13.0 Å². The van der Waals surface area contributed by atoms with Crippen LogP contribution >= 0.6 is 11.6 Å². The number of carbonyl (C=O) groups is 1. The Balaban J connectivity index is 1.26. The Morgan fingerprint density at radius 3 is 2.76 bits per heavy atom. The Morgan fingerprint density at radius 2 is 1.95 bits per heavy atom. The highest BCUT2D eigenvalue weighted by atomic mass is 35.5. The second-order valence-corrected chi connectivity index (χ2v) is 11.0. The topological polar surface area (TPSA) is 67.2 Å². The maximum atomic E-state index is 13.6. The molecule has 2 aromatic carbocycles. The van der Waals surface area contributed by atoms with Crippen LogP contribution < -0.4 is 4.90 Å². The van der Waals surface area contributed by atoms with Crippen molar-refractivity contribution in [2.45, 2.75) is 39.3 Å². The molecule has 4 aromatic rings. The number of halogens is 1. The molecule has 1 saturated heterocycles.